The Bertz CT molecular complexity index is 50.0. The fourth-order valence-corrected chi connectivity index (χ4v) is 1.05. The van der Waals surface area contributed by atoms with E-state index in [1.807, 2.05) is 0 Å². The second-order valence-corrected chi connectivity index (χ2v) is 2.36. The van der Waals surface area contributed by atoms with Crippen molar-refractivity contribution < 1.29 is 0 Å². The fraction of sp³-hybridized carbons (Fsp3) is 1.00. The molecule has 7 heavy (non-hydrogen) atoms. The van der Waals surface area contributed by atoms with E-state index in [0.717, 1.165) is 0 Å². The fourth-order valence-electron chi connectivity index (χ4n) is 1.05. The predicted octanol–water partition coefficient (Wildman–Crippen LogP) is 0.482. The highest BCUT2D eigenvalue weighted by atomic mass is 15.0. The molecule has 1 nitrogen and oxygen atoms in total. The molecule has 0 bridgehead atoms. The van der Waals surface area contributed by atoms with Gasteiger partial charge in [-0.15, -0.1) is 0 Å². The van der Waals surface area contributed by atoms with Crippen LogP contribution in [0, 0.1) is 0 Å². The molecule has 1 rings (SSSR count). The summed E-state index contributed by atoms with van der Waals surface area (Å²) in [4.78, 5) is 2.39. The van der Waals surface area contributed by atoms with Crippen LogP contribution < -0.4 is 0 Å². The Morgan fingerprint density at radius 2 is 2.29 bits per heavy atom. The Hall–Kier alpha value is 0.0249. The van der Waals surface area contributed by atoms with Crippen LogP contribution in [0.25, 0.3) is 0 Å². The lowest BCUT2D eigenvalue weighted by atomic mass is 9.80. The van der Waals surface area contributed by atoms with Crippen molar-refractivity contribution in [1.82, 2.24) is 4.81 Å². The zero-order valence-corrected chi connectivity index (χ0v) is 4.98. The van der Waals surface area contributed by atoms with Crippen molar-refractivity contribution in [3.05, 3.63) is 0 Å². The molecule has 0 N–H and O–H groups in total. The topological polar surface area (TPSA) is 3.24 Å². The monoisotopic (exact) mass is 97.1 g/mol. The number of nitrogens with zero attached hydrogens (tertiary/aromatic N) is 1. The Kier molecular flexibility index (Phi) is 1.74. The summed E-state index contributed by atoms with van der Waals surface area (Å²) in [6, 6.07) is 0. The Labute approximate surface area is 46.0 Å². The van der Waals surface area contributed by atoms with Gasteiger partial charge in [-0.25, -0.2) is 0 Å². The first-order chi connectivity index (χ1) is 3.39. The van der Waals surface area contributed by atoms with E-state index in [9.17, 15) is 0 Å². The molecule has 1 fully saturated rings. The molecule has 0 aromatic rings. The number of rotatable bonds is 0. The molecular formula is C5H12BN. The molecule has 1 saturated heterocycles. The second-order valence-electron chi connectivity index (χ2n) is 2.36. The van der Waals surface area contributed by atoms with Gasteiger partial charge in [-0.3, -0.25) is 0 Å². The quantitative estimate of drug-likeness (QED) is 0.397. The zero-order valence-electron chi connectivity index (χ0n) is 4.98. The lowest BCUT2D eigenvalue weighted by Gasteiger charge is -2.19. The van der Waals surface area contributed by atoms with E-state index in [1.165, 1.54) is 33.1 Å². The van der Waals surface area contributed by atoms with E-state index in [-0.39, 0.29) is 0 Å². The van der Waals surface area contributed by atoms with Crippen molar-refractivity contribution in [2.24, 2.45) is 0 Å². The molecule has 0 amide bonds. The Morgan fingerprint density at radius 1 is 1.43 bits per heavy atom. The summed E-state index contributed by atoms with van der Waals surface area (Å²) >= 11 is 0. The van der Waals surface area contributed by atoms with Crippen LogP contribution >= 0.6 is 0 Å². The van der Waals surface area contributed by atoms with Crippen molar-refractivity contribution in [2.45, 2.75) is 19.2 Å². The summed E-state index contributed by atoms with van der Waals surface area (Å²) in [5.41, 5.74) is 0. The Morgan fingerprint density at radius 3 is 2.57 bits per heavy atom. The third-order valence-corrected chi connectivity index (χ3v) is 1.58. The molecule has 1 aliphatic heterocycles. The van der Waals surface area contributed by atoms with Crippen LogP contribution in [0.3, 0.4) is 0 Å². The van der Waals surface area contributed by atoms with Gasteiger partial charge in [0.25, 0.3) is 0 Å². The number of hydrogen-bond donors (Lipinski definition) is 0. The predicted molar refractivity (Wildman–Crippen MR) is 33.8 cm³/mol. The van der Waals surface area contributed by atoms with Crippen molar-refractivity contribution in [1.29, 1.82) is 0 Å². The first kappa shape index (κ1) is 5.17. The summed E-state index contributed by atoms with van der Waals surface area (Å²) in [7, 11) is 3.51. The van der Waals surface area contributed by atoms with E-state index in [0.29, 0.717) is 0 Å². The lowest BCUT2D eigenvalue weighted by molar-refractivity contribution is 0.479. The van der Waals surface area contributed by atoms with Crippen LogP contribution in [-0.4, -0.2) is 25.8 Å². The molecule has 0 spiro atoms. The van der Waals surface area contributed by atoms with Crippen LogP contribution in [0.5, 0.6) is 0 Å². The van der Waals surface area contributed by atoms with Gasteiger partial charge < -0.3 is 4.81 Å². The van der Waals surface area contributed by atoms with Crippen molar-refractivity contribution in [3.8, 4) is 0 Å². The van der Waals surface area contributed by atoms with Crippen molar-refractivity contribution >= 4 is 7.41 Å². The van der Waals surface area contributed by atoms with Gasteiger partial charge >= 0.3 is 0 Å². The number of hydrogen-bond acceptors (Lipinski definition) is 1. The first-order valence-corrected chi connectivity index (χ1v) is 3.08. The maximum Gasteiger partial charge on any atom is 0.203 e. The second kappa shape index (κ2) is 2.36. The Balaban J connectivity index is 2.12. The zero-order chi connectivity index (χ0) is 5.11. The molecule has 0 aromatic carbocycles. The SMILES string of the molecule is CN1BCCCC1. The summed E-state index contributed by atoms with van der Waals surface area (Å²) in [5.74, 6) is 0. The molecule has 0 atom stereocenters. The van der Waals surface area contributed by atoms with Crippen LogP contribution in [0.1, 0.15) is 12.8 Å². The standard InChI is InChI=1S/C5H12BN/c1-7-5-3-2-4-6-7/h6H,2-5H2,1H3. The highest BCUT2D eigenvalue weighted by molar-refractivity contribution is 6.32. The van der Waals surface area contributed by atoms with Crippen molar-refractivity contribution in [2.75, 3.05) is 13.6 Å². The minimum absolute atomic E-state index is 1.32. The van der Waals surface area contributed by atoms with E-state index >= 15 is 0 Å². The summed E-state index contributed by atoms with van der Waals surface area (Å²) in [6.07, 6.45) is 4.28. The summed E-state index contributed by atoms with van der Waals surface area (Å²) < 4.78 is 0. The third kappa shape index (κ3) is 1.52. The molecule has 0 radical (unpaired) electrons. The first-order valence-electron chi connectivity index (χ1n) is 3.08. The van der Waals surface area contributed by atoms with Gasteiger partial charge in [-0.1, -0.05) is 12.7 Å². The van der Waals surface area contributed by atoms with Gasteiger partial charge in [0.05, 0.1) is 0 Å². The van der Waals surface area contributed by atoms with Crippen LogP contribution in [-0.2, 0) is 0 Å². The molecule has 0 aliphatic carbocycles. The van der Waals surface area contributed by atoms with Gasteiger partial charge in [-0.2, -0.15) is 0 Å². The molecule has 0 unspecified atom stereocenters. The molecule has 2 heteroatoms. The van der Waals surface area contributed by atoms with Crippen molar-refractivity contribution in [3.63, 3.8) is 0 Å². The largest absolute Gasteiger partial charge is 0.348 e. The van der Waals surface area contributed by atoms with Crippen LogP contribution in [0.2, 0.25) is 6.32 Å². The maximum atomic E-state index is 2.39. The van der Waals surface area contributed by atoms with E-state index in [2.05, 4.69) is 11.9 Å². The van der Waals surface area contributed by atoms with Gasteiger partial charge in [0.15, 0.2) is 0 Å². The smallest absolute Gasteiger partial charge is 0.203 e. The summed E-state index contributed by atoms with van der Waals surface area (Å²) in [6.45, 7) is 1.32. The van der Waals surface area contributed by atoms with Crippen LogP contribution in [0.15, 0.2) is 0 Å². The lowest BCUT2D eigenvalue weighted by Crippen LogP contribution is -2.27. The minimum Gasteiger partial charge on any atom is -0.348 e. The molecule has 0 saturated carbocycles. The third-order valence-electron chi connectivity index (χ3n) is 1.58. The molecule has 40 valence electrons. The van der Waals surface area contributed by atoms with Gasteiger partial charge in [0.1, 0.15) is 0 Å². The van der Waals surface area contributed by atoms with E-state index in [4.69, 9.17) is 0 Å². The van der Waals surface area contributed by atoms with Gasteiger partial charge in [-0.05, 0) is 20.0 Å². The molecule has 1 aliphatic rings. The minimum atomic E-state index is 1.32. The van der Waals surface area contributed by atoms with E-state index in [1.54, 1.807) is 0 Å². The van der Waals surface area contributed by atoms with E-state index < -0.39 is 0 Å². The normalized spacial score (nSPS) is 24.1. The highest BCUT2D eigenvalue weighted by Gasteiger charge is 2.04. The van der Waals surface area contributed by atoms with Gasteiger partial charge in [0.2, 0.25) is 7.41 Å². The highest BCUT2D eigenvalue weighted by Crippen LogP contribution is 2.03. The molecule has 1 heterocycles. The average molecular weight is 97.0 g/mol. The summed E-state index contributed by atoms with van der Waals surface area (Å²) in [5, 5.41) is 0. The van der Waals surface area contributed by atoms with Gasteiger partial charge in [0, 0.05) is 0 Å². The molecular weight excluding hydrogens is 84.9 g/mol. The maximum absolute atomic E-state index is 2.39. The average Bonchev–Trinajstić information content (AvgIpc) is 1.69. The molecule has 0 aromatic heterocycles. The van der Waals surface area contributed by atoms with Crippen LogP contribution in [0.4, 0.5) is 0 Å².